The van der Waals surface area contributed by atoms with E-state index in [1.165, 1.54) is 135 Å². The Morgan fingerprint density at radius 3 is 0.583 bits per heavy atom. The maximum absolute atomic E-state index is 12.6. The van der Waals surface area contributed by atoms with Gasteiger partial charge in [-0.3, -0.25) is 0 Å². The van der Waals surface area contributed by atoms with Crippen LogP contribution in [0.25, 0.3) is 0 Å². The van der Waals surface area contributed by atoms with Gasteiger partial charge in [-0.15, -0.1) is 0 Å². The molecule has 0 aromatic heterocycles. The number of aryl methyl sites for hydroxylation is 18. The van der Waals surface area contributed by atoms with Crippen LogP contribution in [-0.4, -0.2) is 0 Å². The molecule has 450 valence electrons. The summed E-state index contributed by atoms with van der Waals surface area (Å²) in [6.45, 7) is 36.6. The minimum Gasteiger partial charge on any atom is -0.207 e. The van der Waals surface area contributed by atoms with E-state index in [1.54, 1.807) is 52.0 Å². The maximum atomic E-state index is 12.6. The fourth-order valence-corrected chi connectivity index (χ4v) is 6.85. The van der Waals surface area contributed by atoms with Crippen LogP contribution in [0.5, 0.6) is 0 Å². The van der Waals surface area contributed by atoms with E-state index in [1.807, 2.05) is 26.0 Å². The molecule has 0 saturated carbocycles. The van der Waals surface area contributed by atoms with Crippen molar-refractivity contribution in [1.29, 1.82) is 0 Å². The molecule has 0 radical (unpaired) electrons. The molecule has 0 atom stereocenters. The lowest BCUT2D eigenvalue weighted by Crippen LogP contribution is -1.91. The Hall–Kier alpha value is -7.72. The Labute approximate surface area is 495 Å². The van der Waals surface area contributed by atoms with E-state index in [2.05, 4.69) is 116 Å². The highest BCUT2D eigenvalue weighted by atomic mass is 19.2. The van der Waals surface area contributed by atoms with E-state index >= 15 is 0 Å². The third kappa shape index (κ3) is 28.0. The second kappa shape index (κ2) is 36.8. The predicted molar refractivity (Wildman–Crippen MR) is 332 cm³/mol. The molecule has 0 spiro atoms. The molecule has 9 aromatic rings. The average Bonchev–Trinajstić information content (AvgIpc) is 3.51. The van der Waals surface area contributed by atoms with E-state index in [0.717, 1.165) is 11.1 Å². The van der Waals surface area contributed by atoms with Crippen LogP contribution in [0.3, 0.4) is 0 Å². The van der Waals surface area contributed by atoms with E-state index < -0.39 is 34.9 Å². The van der Waals surface area contributed by atoms with Crippen molar-refractivity contribution in [3.05, 3.63) is 315 Å². The molecule has 0 nitrogen and oxygen atoms in total. The summed E-state index contributed by atoms with van der Waals surface area (Å²) in [5.41, 5.74) is 17.0. The lowest BCUT2D eigenvalue weighted by atomic mass is 10.1. The van der Waals surface area contributed by atoms with Crippen LogP contribution in [0.4, 0.5) is 43.9 Å². The van der Waals surface area contributed by atoms with Crippen LogP contribution in [0, 0.1) is 197 Å². The monoisotopic (exact) mass is 1160 g/mol. The molecule has 10 heteroatoms. The van der Waals surface area contributed by atoms with Crippen molar-refractivity contribution in [2.24, 2.45) is 0 Å². The van der Waals surface area contributed by atoms with Crippen molar-refractivity contribution in [2.45, 2.75) is 138 Å². The molecule has 0 heterocycles. The lowest BCUT2D eigenvalue weighted by Gasteiger charge is -1.99. The minimum absolute atomic E-state index is 0.0885. The summed E-state index contributed by atoms with van der Waals surface area (Å²) in [5.74, 6) is -4.30. The number of halogens is 10. The first-order valence-corrected chi connectivity index (χ1v) is 27.3. The molecule has 0 amide bonds. The lowest BCUT2D eigenvalue weighted by molar-refractivity contribution is 0.497. The van der Waals surface area contributed by atoms with E-state index in [0.29, 0.717) is 44.5 Å². The highest BCUT2D eigenvalue weighted by Crippen LogP contribution is 2.17. The average molecular weight is 1160 g/mol. The van der Waals surface area contributed by atoms with Gasteiger partial charge < -0.3 is 0 Å². The van der Waals surface area contributed by atoms with Gasteiger partial charge in [-0.25, -0.2) is 43.9 Å². The highest BCUT2D eigenvalue weighted by Gasteiger charge is 2.07. The normalized spacial score (nSPS) is 9.79. The number of hydrogen-bond acceptors (Lipinski definition) is 0. The zero-order valence-corrected chi connectivity index (χ0v) is 52.6. The summed E-state index contributed by atoms with van der Waals surface area (Å²) in [6, 6.07) is 42.7. The van der Waals surface area contributed by atoms with Gasteiger partial charge in [0.15, 0.2) is 11.6 Å². The summed E-state index contributed by atoms with van der Waals surface area (Å²) in [6.07, 6.45) is 0. The van der Waals surface area contributed by atoms with Crippen LogP contribution in [-0.2, 0) is 0 Å². The molecule has 0 bridgehead atoms. The summed E-state index contributed by atoms with van der Waals surface area (Å²) >= 11 is 0. The maximum Gasteiger partial charge on any atom is 0.161 e. The van der Waals surface area contributed by atoms with Crippen LogP contribution in [0.15, 0.2) is 146 Å². The van der Waals surface area contributed by atoms with E-state index in [9.17, 15) is 43.9 Å². The van der Waals surface area contributed by atoms with E-state index in [-0.39, 0.29) is 34.4 Å². The Kier molecular flexibility index (Phi) is 32.5. The van der Waals surface area contributed by atoms with Gasteiger partial charge in [-0.05, 0) is 265 Å². The molecular weight excluding hydrogens is 1080 g/mol. The van der Waals surface area contributed by atoms with Gasteiger partial charge in [-0.1, -0.05) is 119 Å². The number of hydrogen-bond donors (Lipinski definition) is 0. The summed E-state index contributed by atoms with van der Waals surface area (Å²) in [7, 11) is 0. The fraction of sp³-hybridized carbons (Fsp3) is 0.270. The second-order valence-corrected chi connectivity index (χ2v) is 21.2. The third-order valence-corrected chi connectivity index (χ3v) is 13.0. The quantitative estimate of drug-likeness (QED) is 0.133. The molecule has 0 fully saturated rings. The second-order valence-electron chi connectivity index (χ2n) is 21.2. The topological polar surface area (TPSA) is 0 Å². The largest absolute Gasteiger partial charge is 0.207 e. The van der Waals surface area contributed by atoms with E-state index in [4.69, 9.17) is 0 Å². The van der Waals surface area contributed by atoms with Gasteiger partial charge in [-0.2, -0.15) is 0 Å². The van der Waals surface area contributed by atoms with Crippen molar-refractivity contribution in [2.75, 3.05) is 0 Å². The summed E-state index contributed by atoms with van der Waals surface area (Å²) in [4.78, 5) is 0. The van der Waals surface area contributed by atoms with Crippen molar-refractivity contribution in [3.63, 3.8) is 0 Å². The molecule has 0 unspecified atom stereocenters. The summed E-state index contributed by atoms with van der Waals surface area (Å²) < 4.78 is 126. The first kappa shape index (κ1) is 74.3. The van der Waals surface area contributed by atoms with Gasteiger partial charge in [0.1, 0.15) is 46.5 Å². The Morgan fingerprint density at radius 1 is 0.155 bits per heavy atom. The molecule has 0 N–H and O–H groups in total. The van der Waals surface area contributed by atoms with Gasteiger partial charge in [0.05, 0.1) is 0 Å². The van der Waals surface area contributed by atoms with Gasteiger partial charge in [0.25, 0.3) is 0 Å². The van der Waals surface area contributed by atoms with Crippen LogP contribution in [0.1, 0.15) is 111 Å². The van der Waals surface area contributed by atoms with Gasteiger partial charge in [0.2, 0.25) is 0 Å². The van der Waals surface area contributed by atoms with Crippen molar-refractivity contribution in [3.8, 4) is 0 Å². The van der Waals surface area contributed by atoms with Crippen LogP contribution < -0.4 is 0 Å². The predicted octanol–water partition coefficient (Wildman–Crippen LogP) is 22.7. The Bertz CT molecular complexity index is 3100. The zero-order chi connectivity index (χ0) is 64.3. The standard InChI is InChI=1S/2C9H12.4C8H8F2.2C8H9F.C8H10/c2*1-7-4-5-8(2)9(3)6-7;1-5-3-8(10)6(2)4-7(5)9;2*1-5-3-7(9)6(2)8(10)4-5;1-5-3-4-6(2)8(10)7(5)9;2*1-6-3-4-7(2)8(9)5-6;1-7-3-5-8(2)6-4-7/h2*4-6H,1-3H3;4*3-4H,1-2H3;2*3-5H,1-2H3;3-6H,1-2H3. The Balaban J connectivity index is 0.000000473. The molecular formula is C74H84F10. The fourth-order valence-electron chi connectivity index (χ4n) is 6.85. The molecule has 9 aromatic carbocycles. The molecule has 0 aliphatic rings. The molecule has 9 rings (SSSR count). The number of benzene rings is 9. The Morgan fingerprint density at radius 2 is 0.357 bits per heavy atom. The van der Waals surface area contributed by atoms with Crippen molar-refractivity contribution in [1.82, 2.24) is 0 Å². The molecule has 84 heavy (non-hydrogen) atoms. The van der Waals surface area contributed by atoms with Crippen molar-refractivity contribution < 1.29 is 43.9 Å². The minimum atomic E-state index is -0.736. The zero-order valence-electron chi connectivity index (χ0n) is 52.6. The van der Waals surface area contributed by atoms with Crippen LogP contribution in [0.2, 0.25) is 0 Å². The molecule has 0 aliphatic carbocycles. The summed E-state index contributed by atoms with van der Waals surface area (Å²) in [5, 5.41) is 0. The molecule has 0 aliphatic heterocycles. The van der Waals surface area contributed by atoms with Gasteiger partial charge in [0, 0.05) is 11.1 Å². The molecule has 0 saturated heterocycles. The first-order chi connectivity index (χ1) is 39.0. The van der Waals surface area contributed by atoms with Crippen LogP contribution >= 0.6 is 0 Å². The van der Waals surface area contributed by atoms with Crippen molar-refractivity contribution >= 4 is 0 Å². The smallest absolute Gasteiger partial charge is 0.161 e. The first-order valence-electron chi connectivity index (χ1n) is 27.3. The van der Waals surface area contributed by atoms with Gasteiger partial charge >= 0.3 is 0 Å². The third-order valence-electron chi connectivity index (χ3n) is 13.0. The number of rotatable bonds is 0. The highest BCUT2D eigenvalue weighted by molar-refractivity contribution is 5.31. The SMILES string of the molecule is Cc1cc(F)c(C)c(F)c1.Cc1cc(F)c(C)c(F)c1.Cc1cc(F)c(C)cc1F.Cc1ccc(C)c(C)c1.Cc1ccc(C)c(C)c1.Cc1ccc(C)c(F)c1.Cc1ccc(C)c(F)c1.Cc1ccc(C)c(F)c1F.Cc1ccc(C)cc1.